The van der Waals surface area contributed by atoms with Gasteiger partial charge in [-0.25, -0.2) is 4.98 Å². The Morgan fingerprint density at radius 3 is 2.79 bits per heavy atom. The summed E-state index contributed by atoms with van der Waals surface area (Å²) in [6, 6.07) is 1.94. The van der Waals surface area contributed by atoms with Gasteiger partial charge >= 0.3 is 0 Å². The molecule has 0 saturated heterocycles. The second kappa shape index (κ2) is 10.0. The maximum Gasteiger partial charge on any atom is 0.213 e. The predicted molar refractivity (Wildman–Crippen MR) is 80.9 cm³/mol. The zero-order valence-electron chi connectivity index (χ0n) is 12.0. The van der Waals surface area contributed by atoms with Crippen LogP contribution < -0.4 is 10.1 Å². The van der Waals surface area contributed by atoms with E-state index in [1.54, 1.807) is 6.20 Å². The molecule has 1 aromatic heterocycles. The fraction of sp³-hybridized carbons (Fsp3) is 0.667. The minimum atomic E-state index is 0.675. The number of hydrogen-bond acceptors (Lipinski definition) is 3. The Kier molecular flexibility index (Phi) is 8.59. The number of unbranched alkanes of at least 4 members (excludes halogenated alkanes) is 3. The van der Waals surface area contributed by atoms with E-state index in [4.69, 9.17) is 16.3 Å². The Morgan fingerprint density at radius 2 is 2.05 bits per heavy atom. The Hall–Kier alpha value is -0.800. The summed E-state index contributed by atoms with van der Waals surface area (Å²) >= 11 is 6.12. The molecule has 0 aliphatic rings. The lowest BCUT2D eigenvalue weighted by molar-refractivity contribution is 0.293. The topological polar surface area (TPSA) is 34.1 Å². The monoisotopic (exact) mass is 284 g/mol. The van der Waals surface area contributed by atoms with Gasteiger partial charge in [0, 0.05) is 18.8 Å². The van der Waals surface area contributed by atoms with Gasteiger partial charge in [-0.2, -0.15) is 0 Å². The summed E-state index contributed by atoms with van der Waals surface area (Å²) in [7, 11) is 0. The number of halogens is 1. The number of pyridine rings is 1. The molecular weight excluding hydrogens is 260 g/mol. The zero-order chi connectivity index (χ0) is 13.9. The molecule has 0 radical (unpaired) electrons. The number of hydrogen-bond donors (Lipinski definition) is 1. The standard InChI is InChI=1S/C15H25ClN2O/c1-3-5-6-7-9-19-15-10-13(11-17-8-4-2)14(16)12-18-15/h10,12,17H,3-9,11H2,1-2H3. The molecule has 1 rings (SSSR count). The molecule has 0 atom stereocenters. The summed E-state index contributed by atoms with van der Waals surface area (Å²) in [5.74, 6) is 0.675. The average molecular weight is 285 g/mol. The van der Waals surface area contributed by atoms with Crippen LogP contribution in [0.25, 0.3) is 0 Å². The third-order valence-corrected chi connectivity index (χ3v) is 3.24. The van der Waals surface area contributed by atoms with Gasteiger partial charge < -0.3 is 10.1 Å². The molecule has 0 unspecified atom stereocenters. The van der Waals surface area contributed by atoms with Gasteiger partial charge in [-0.15, -0.1) is 0 Å². The van der Waals surface area contributed by atoms with E-state index in [-0.39, 0.29) is 0 Å². The summed E-state index contributed by atoms with van der Waals surface area (Å²) in [6.45, 7) is 6.84. The third kappa shape index (κ3) is 6.79. The van der Waals surface area contributed by atoms with Gasteiger partial charge in [-0.05, 0) is 24.9 Å². The first kappa shape index (κ1) is 16.3. The third-order valence-electron chi connectivity index (χ3n) is 2.90. The highest BCUT2D eigenvalue weighted by Gasteiger charge is 2.04. The Balaban J connectivity index is 2.39. The molecule has 3 nitrogen and oxygen atoms in total. The first-order chi connectivity index (χ1) is 9.27. The van der Waals surface area contributed by atoms with Gasteiger partial charge in [0.05, 0.1) is 11.6 Å². The summed E-state index contributed by atoms with van der Waals surface area (Å²) in [6.07, 6.45) is 7.60. The number of ether oxygens (including phenoxy) is 1. The van der Waals surface area contributed by atoms with Crippen molar-refractivity contribution in [1.29, 1.82) is 0 Å². The maximum atomic E-state index is 6.12. The van der Waals surface area contributed by atoms with E-state index in [1.807, 2.05) is 6.07 Å². The van der Waals surface area contributed by atoms with Crippen LogP contribution in [0, 0.1) is 0 Å². The summed E-state index contributed by atoms with van der Waals surface area (Å²) in [5.41, 5.74) is 1.05. The average Bonchev–Trinajstić information content (AvgIpc) is 2.42. The van der Waals surface area contributed by atoms with E-state index in [1.165, 1.54) is 19.3 Å². The fourth-order valence-corrected chi connectivity index (χ4v) is 1.95. The number of rotatable bonds is 10. The molecule has 0 fully saturated rings. The van der Waals surface area contributed by atoms with Crippen molar-refractivity contribution < 1.29 is 4.74 Å². The van der Waals surface area contributed by atoms with E-state index in [2.05, 4.69) is 24.1 Å². The zero-order valence-corrected chi connectivity index (χ0v) is 12.8. The molecule has 0 bridgehead atoms. The van der Waals surface area contributed by atoms with Crippen LogP contribution in [0.1, 0.15) is 51.5 Å². The molecule has 0 aliphatic heterocycles. The quantitative estimate of drug-likeness (QED) is 0.654. The van der Waals surface area contributed by atoms with E-state index < -0.39 is 0 Å². The molecule has 19 heavy (non-hydrogen) atoms. The highest BCUT2D eigenvalue weighted by Crippen LogP contribution is 2.19. The number of nitrogens with one attached hydrogen (secondary N) is 1. The molecule has 0 aromatic carbocycles. The number of nitrogens with zero attached hydrogens (tertiary/aromatic N) is 1. The molecule has 108 valence electrons. The molecule has 4 heteroatoms. The van der Waals surface area contributed by atoms with Crippen molar-refractivity contribution in [3.63, 3.8) is 0 Å². The summed E-state index contributed by atoms with van der Waals surface area (Å²) in [4.78, 5) is 4.20. The maximum absolute atomic E-state index is 6.12. The largest absolute Gasteiger partial charge is 0.478 e. The predicted octanol–water partition coefficient (Wildman–Crippen LogP) is 4.19. The Bertz CT molecular complexity index is 358. The van der Waals surface area contributed by atoms with E-state index in [9.17, 15) is 0 Å². The van der Waals surface area contributed by atoms with Gasteiger partial charge in [0.2, 0.25) is 5.88 Å². The van der Waals surface area contributed by atoms with Crippen LogP contribution in [0.2, 0.25) is 5.02 Å². The molecule has 1 aromatic rings. The summed E-state index contributed by atoms with van der Waals surface area (Å²) in [5, 5.41) is 4.03. The fourth-order valence-electron chi connectivity index (χ4n) is 1.78. The van der Waals surface area contributed by atoms with Gasteiger partial charge in [0.25, 0.3) is 0 Å². The van der Waals surface area contributed by atoms with Crippen LogP contribution in [0.5, 0.6) is 5.88 Å². The van der Waals surface area contributed by atoms with Crippen LogP contribution in [0.15, 0.2) is 12.3 Å². The van der Waals surface area contributed by atoms with Crippen molar-refractivity contribution in [3.05, 3.63) is 22.8 Å². The van der Waals surface area contributed by atoms with Gasteiger partial charge in [-0.1, -0.05) is 44.7 Å². The van der Waals surface area contributed by atoms with Crippen LogP contribution in [-0.2, 0) is 6.54 Å². The van der Waals surface area contributed by atoms with Gasteiger partial charge in [0.1, 0.15) is 0 Å². The Labute approximate surface area is 121 Å². The molecule has 0 spiro atoms. The van der Waals surface area contributed by atoms with Crippen LogP contribution in [-0.4, -0.2) is 18.1 Å². The number of aromatic nitrogens is 1. The van der Waals surface area contributed by atoms with Crippen molar-refractivity contribution >= 4 is 11.6 Å². The van der Waals surface area contributed by atoms with Crippen molar-refractivity contribution in [2.75, 3.05) is 13.2 Å². The van der Waals surface area contributed by atoms with Gasteiger partial charge in [-0.3, -0.25) is 0 Å². The second-order valence-corrected chi connectivity index (χ2v) is 5.11. The van der Waals surface area contributed by atoms with Crippen LogP contribution in [0.3, 0.4) is 0 Å². The normalized spacial score (nSPS) is 10.7. The van der Waals surface area contributed by atoms with E-state index in [0.717, 1.165) is 38.1 Å². The SMILES string of the molecule is CCCCCCOc1cc(CNCCC)c(Cl)cn1. The minimum absolute atomic E-state index is 0.675. The van der Waals surface area contributed by atoms with Gasteiger partial charge in [0.15, 0.2) is 0 Å². The van der Waals surface area contributed by atoms with Crippen molar-refractivity contribution in [3.8, 4) is 5.88 Å². The lowest BCUT2D eigenvalue weighted by atomic mass is 10.2. The highest BCUT2D eigenvalue weighted by molar-refractivity contribution is 6.31. The lowest BCUT2D eigenvalue weighted by Gasteiger charge is -2.09. The second-order valence-electron chi connectivity index (χ2n) is 4.70. The molecule has 0 aliphatic carbocycles. The van der Waals surface area contributed by atoms with Crippen molar-refractivity contribution in [1.82, 2.24) is 10.3 Å². The summed E-state index contributed by atoms with van der Waals surface area (Å²) < 4.78 is 5.66. The van der Waals surface area contributed by atoms with E-state index in [0.29, 0.717) is 10.9 Å². The van der Waals surface area contributed by atoms with Crippen LogP contribution in [0.4, 0.5) is 0 Å². The van der Waals surface area contributed by atoms with E-state index >= 15 is 0 Å². The van der Waals surface area contributed by atoms with Crippen molar-refractivity contribution in [2.45, 2.75) is 52.5 Å². The highest BCUT2D eigenvalue weighted by atomic mass is 35.5. The smallest absolute Gasteiger partial charge is 0.213 e. The minimum Gasteiger partial charge on any atom is -0.478 e. The first-order valence-electron chi connectivity index (χ1n) is 7.25. The molecule has 0 amide bonds. The van der Waals surface area contributed by atoms with Crippen molar-refractivity contribution in [2.24, 2.45) is 0 Å². The molecule has 0 saturated carbocycles. The Morgan fingerprint density at radius 1 is 1.21 bits per heavy atom. The first-order valence-corrected chi connectivity index (χ1v) is 7.63. The molecular formula is C15H25ClN2O. The molecule has 1 N–H and O–H groups in total. The lowest BCUT2D eigenvalue weighted by Crippen LogP contribution is -2.14. The van der Waals surface area contributed by atoms with Crippen LogP contribution >= 0.6 is 11.6 Å². The molecule has 1 heterocycles.